The number of hydrogen-bond donors (Lipinski definition) is 5. The third kappa shape index (κ3) is 11.2. The maximum absolute atomic E-state index is 16.5. The number of likely N-dealkylation sites (tertiary alicyclic amines) is 1. The standard InChI is InChI=1S/C41H53FN10O4S/c1-24(2)32-23-44-52-36(32)49-40(57-31-17-20-51(21-18-31)41(56)26(5)45-39(55)35(43)25(3)4)34(42)37(52)47-29-10-8-11-30(22-29)48-38(54)27-13-15-28(16-14-27)46-33(53)12-9-19-50(6)7/h8-16,22-26,31,35,47H,17-21,43H2,1-7H3,(H,45,55)(H,46,53)(H,48,54)/b12-9+/t26-,35-/m0/s1. The van der Waals surface area contributed by atoms with Crippen molar-refractivity contribution in [2.24, 2.45) is 11.7 Å². The molecular weight excluding hydrogens is 748 g/mol. The van der Waals surface area contributed by atoms with Crippen LogP contribution in [0.25, 0.3) is 5.65 Å². The molecule has 0 radical (unpaired) electrons. The van der Waals surface area contributed by atoms with Gasteiger partial charge in [0.25, 0.3) is 5.91 Å². The van der Waals surface area contributed by atoms with Crippen molar-refractivity contribution in [3.8, 4) is 0 Å². The number of nitrogens with two attached hydrogens (primary N) is 1. The number of carbonyl (C=O) groups excluding carboxylic acids is 4. The molecule has 6 N–H and O–H groups in total. The number of likely N-dealkylation sites (N-methyl/N-ethyl adjacent to an activating group) is 1. The molecule has 3 heterocycles. The highest BCUT2D eigenvalue weighted by atomic mass is 32.2. The molecule has 304 valence electrons. The molecule has 1 saturated heterocycles. The first-order valence-corrected chi connectivity index (χ1v) is 20.0. The van der Waals surface area contributed by atoms with Crippen LogP contribution in [0, 0.1) is 11.7 Å². The minimum absolute atomic E-state index is 0.00942. The van der Waals surface area contributed by atoms with Gasteiger partial charge in [-0.25, -0.2) is 4.98 Å². The Morgan fingerprint density at radius 2 is 1.67 bits per heavy atom. The number of amides is 4. The zero-order chi connectivity index (χ0) is 41.4. The maximum atomic E-state index is 16.5. The number of piperidine rings is 1. The Kier molecular flexibility index (Phi) is 14.4. The predicted molar refractivity (Wildman–Crippen MR) is 223 cm³/mol. The first-order valence-electron chi connectivity index (χ1n) is 19.1. The van der Waals surface area contributed by atoms with E-state index >= 15 is 4.39 Å². The number of anilines is 4. The lowest BCUT2D eigenvalue weighted by Gasteiger charge is -2.33. The highest BCUT2D eigenvalue weighted by Crippen LogP contribution is 2.36. The number of aromatic nitrogens is 3. The van der Waals surface area contributed by atoms with Gasteiger partial charge in [-0.2, -0.15) is 14.0 Å². The van der Waals surface area contributed by atoms with Gasteiger partial charge in [-0.15, -0.1) is 0 Å². The Bertz CT molecular complexity index is 2090. The lowest BCUT2D eigenvalue weighted by atomic mass is 10.0. The van der Waals surface area contributed by atoms with E-state index in [1.807, 2.05) is 46.7 Å². The van der Waals surface area contributed by atoms with Crippen LogP contribution in [0.1, 0.15) is 69.3 Å². The van der Waals surface area contributed by atoms with E-state index in [9.17, 15) is 19.2 Å². The van der Waals surface area contributed by atoms with Crippen molar-refractivity contribution < 1.29 is 23.6 Å². The summed E-state index contributed by atoms with van der Waals surface area (Å²) in [6.07, 6.45) is 6.15. The van der Waals surface area contributed by atoms with Crippen molar-refractivity contribution in [2.45, 2.75) is 75.7 Å². The monoisotopic (exact) mass is 800 g/mol. The molecule has 4 aromatic rings. The van der Waals surface area contributed by atoms with Crippen LogP contribution in [0.5, 0.6) is 0 Å². The van der Waals surface area contributed by atoms with Gasteiger partial charge < -0.3 is 36.8 Å². The minimum Gasteiger partial charge on any atom is -0.343 e. The number of benzene rings is 2. The van der Waals surface area contributed by atoms with Crippen molar-refractivity contribution in [3.05, 3.63) is 83.8 Å². The molecule has 1 aliphatic rings. The summed E-state index contributed by atoms with van der Waals surface area (Å²) in [6, 6.07) is 12.1. The average Bonchev–Trinajstić information content (AvgIpc) is 3.60. The molecule has 16 heteroatoms. The molecule has 2 atom stereocenters. The molecule has 0 aliphatic carbocycles. The van der Waals surface area contributed by atoms with E-state index in [0.717, 1.165) is 5.56 Å². The van der Waals surface area contributed by atoms with E-state index in [1.165, 1.54) is 22.4 Å². The zero-order valence-electron chi connectivity index (χ0n) is 33.5. The number of halogens is 1. The number of nitrogens with zero attached hydrogens (tertiary/aromatic N) is 5. The third-order valence-electron chi connectivity index (χ3n) is 9.53. The van der Waals surface area contributed by atoms with Gasteiger partial charge in [0.1, 0.15) is 11.1 Å². The number of hydrogen-bond acceptors (Lipinski definition) is 10. The van der Waals surface area contributed by atoms with Gasteiger partial charge in [0.05, 0.1) is 12.2 Å². The quantitative estimate of drug-likeness (QED) is 0.0750. The fourth-order valence-corrected chi connectivity index (χ4v) is 7.24. The first kappa shape index (κ1) is 42.8. The van der Waals surface area contributed by atoms with E-state index in [0.29, 0.717) is 60.7 Å². The van der Waals surface area contributed by atoms with Crippen LogP contribution in [-0.2, 0) is 14.4 Å². The Morgan fingerprint density at radius 1 is 0.982 bits per heavy atom. The Balaban J connectivity index is 1.26. The van der Waals surface area contributed by atoms with Gasteiger partial charge >= 0.3 is 0 Å². The summed E-state index contributed by atoms with van der Waals surface area (Å²) in [5.74, 6) is -1.61. The van der Waals surface area contributed by atoms with Crippen LogP contribution in [-0.4, -0.2) is 99.1 Å². The number of nitrogens with one attached hydrogen (secondary N) is 4. The number of carbonyl (C=O) groups is 4. The van der Waals surface area contributed by atoms with Crippen LogP contribution in [0.4, 0.5) is 27.3 Å². The molecule has 2 aromatic heterocycles. The molecule has 0 saturated carbocycles. The van der Waals surface area contributed by atoms with Crippen LogP contribution >= 0.6 is 11.8 Å². The number of fused-ring (bicyclic) bond motifs is 1. The molecule has 14 nitrogen and oxygen atoms in total. The maximum Gasteiger partial charge on any atom is 0.255 e. The summed E-state index contributed by atoms with van der Waals surface area (Å²) in [6.45, 7) is 11.0. The lowest BCUT2D eigenvalue weighted by molar-refractivity contribution is -0.137. The Labute approximate surface area is 337 Å². The van der Waals surface area contributed by atoms with Gasteiger partial charge in [0.2, 0.25) is 17.7 Å². The SMILES string of the molecule is CC(C)c1cnn2c(Nc3cccc(NC(=O)c4ccc(NC(=O)/C=C/CN(C)C)cc4)c3)c(F)c(SC3CCN(C(=O)[C@H](C)NC(=O)[C@@H](N)C(C)C)CC3)nc12. The molecule has 1 fully saturated rings. The zero-order valence-corrected chi connectivity index (χ0v) is 34.3. The molecule has 5 rings (SSSR count). The van der Waals surface area contributed by atoms with Crippen LogP contribution < -0.4 is 27.0 Å². The summed E-state index contributed by atoms with van der Waals surface area (Å²) < 4.78 is 18.0. The molecule has 0 unspecified atom stereocenters. The largest absolute Gasteiger partial charge is 0.343 e. The van der Waals surface area contributed by atoms with Gasteiger partial charge in [0, 0.05) is 59.1 Å². The molecule has 1 aliphatic heterocycles. The second-order valence-corrected chi connectivity index (χ2v) is 16.4. The van der Waals surface area contributed by atoms with E-state index in [2.05, 4.69) is 26.4 Å². The second-order valence-electron chi connectivity index (χ2n) is 15.1. The Morgan fingerprint density at radius 3 is 2.32 bits per heavy atom. The topological polar surface area (TPSA) is 179 Å². The van der Waals surface area contributed by atoms with E-state index in [4.69, 9.17) is 10.7 Å². The van der Waals surface area contributed by atoms with Crippen molar-refractivity contribution >= 4 is 63.9 Å². The molecule has 0 bridgehead atoms. The lowest BCUT2D eigenvalue weighted by Crippen LogP contribution is -2.53. The summed E-state index contributed by atoms with van der Waals surface area (Å²) in [7, 11) is 3.82. The summed E-state index contributed by atoms with van der Waals surface area (Å²) in [5.41, 5.74) is 9.29. The Hall–Kier alpha value is -5.32. The highest BCUT2D eigenvalue weighted by molar-refractivity contribution is 7.99. The second kappa shape index (κ2) is 19.2. The molecular formula is C41H53FN10O4S. The van der Waals surface area contributed by atoms with Crippen LogP contribution in [0.15, 0.2) is 71.9 Å². The van der Waals surface area contributed by atoms with Gasteiger partial charge in [0.15, 0.2) is 17.3 Å². The van der Waals surface area contributed by atoms with Gasteiger partial charge in [-0.05, 0) is 88.2 Å². The van der Waals surface area contributed by atoms with Crippen molar-refractivity contribution in [2.75, 3.05) is 49.7 Å². The normalized spacial score (nSPS) is 14.7. The summed E-state index contributed by atoms with van der Waals surface area (Å²) in [5, 5.41) is 16.3. The predicted octanol–water partition coefficient (Wildman–Crippen LogP) is 5.62. The van der Waals surface area contributed by atoms with Gasteiger partial charge in [-0.1, -0.05) is 51.6 Å². The highest BCUT2D eigenvalue weighted by Gasteiger charge is 2.30. The van der Waals surface area contributed by atoms with Crippen LogP contribution in [0.3, 0.4) is 0 Å². The van der Waals surface area contributed by atoms with E-state index in [-0.39, 0.29) is 51.6 Å². The molecule has 57 heavy (non-hydrogen) atoms. The van der Waals surface area contributed by atoms with Crippen molar-refractivity contribution in [1.29, 1.82) is 0 Å². The third-order valence-corrected chi connectivity index (χ3v) is 10.8. The molecule has 0 spiro atoms. The fraction of sp³-hybridized carbons (Fsp3) is 0.415. The van der Waals surface area contributed by atoms with Gasteiger partial charge in [-0.3, -0.25) is 19.2 Å². The van der Waals surface area contributed by atoms with Crippen molar-refractivity contribution in [3.63, 3.8) is 0 Å². The number of thioether (sulfide) groups is 1. The molecule has 4 amide bonds. The first-order chi connectivity index (χ1) is 27.1. The molecule has 2 aromatic carbocycles. The van der Waals surface area contributed by atoms with E-state index in [1.54, 1.807) is 72.6 Å². The summed E-state index contributed by atoms with van der Waals surface area (Å²) in [4.78, 5) is 59.4. The fourth-order valence-electron chi connectivity index (χ4n) is 6.14. The van der Waals surface area contributed by atoms with Crippen molar-refractivity contribution in [1.82, 2.24) is 29.7 Å². The minimum atomic E-state index is -0.710. The summed E-state index contributed by atoms with van der Waals surface area (Å²) >= 11 is 1.34. The average molecular weight is 801 g/mol. The van der Waals surface area contributed by atoms with Crippen LogP contribution in [0.2, 0.25) is 0 Å². The number of rotatable bonds is 15. The van der Waals surface area contributed by atoms with E-state index < -0.39 is 17.9 Å². The smallest absolute Gasteiger partial charge is 0.255 e.